The molecule has 1 aromatic carbocycles. The number of nitrogens with zero attached hydrogens (tertiary/aromatic N) is 1. The number of carbonyl (C=O) groups is 1. The minimum Gasteiger partial charge on any atom is -0.342 e. The van der Waals surface area contributed by atoms with E-state index in [2.05, 4.69) is 24.3 Å². The number of hydrogen-bond donors (Lipinski definition) is 0. The van der Waals surface area contributed by atoms with Crippen LogP contribution in [0.1, 0.15) is 30.9 Å². The van der Waals surface area contributed by atoms with Crippen molar-refractivity contribution in [2.24, 2.45) is 0 Å². The van der Waals surface area contributed by atoms with Crippen molar-refractivity contribution in [1.82, 2.24) is 4.90 Å². The summed E-state index contributed by atoms with van der Waals surface area (Å²) in [6.45, 7) is 3.74. The van der Waals surface area contributed by atoms with Gasteiger partial charge in [-0.3, -0.25) is 4.79 Å². The lowest BCUT2D eigenvalue weighted by Crippen LogP contribution is -2.34. The number of aryl methyl sites for hydroxylation is 1. The maximum absolute atomic E-state index is 11.7. The number of hydrogen-bond acceptors (Lipinski definition) is 1. The van der Waals surface area contributed by atoms with Crippen LogP contribution in [0, 0.1) is 0 Å². The fraction of sp³-hybridized carbons (Fsp3) is 0.500. The Labute approximate surface area is 97.3 Å². The highest BCUT2D eigenvalue weighted by Crippen LogP contribution is 2.16. The van der Waals surface area contributed by atoms with Gasteiger partial charge in [-0.05, 0) is 30.4 Å². The van der Waals surface area contributed by atoms with E-state index in [0.29, 0.717) is 12.3 Å². The average molecular weight is 217 g/mol. The van der Waals surface area contributed by atoms with E-state index >= 15 is 0 Å². The summed E-state index contributed by atoms with van der Waals surface area (Å²) in [7, 11) is 0. The maximum atomic E-state index is 11.7. The summed E-state index contributed by atoms with van der Waals surface area (Å²) in [5.41, 5.74) is 2.88. The van der Waals surface area contributed by atoms with E-state index in [1.807, 2.05) is 11.8 Å². The Morgan fingerprint density at radius 1 is 1.19 bits per heavy atom. The molecule has 0 N–H and O–H groups in total. The van der Waals surface area contributed by atoms with Crippen molar-refractivity contribution in [3.8, 4) is 0 Å². The minimum absolute atomic E-state index is 0.291. The lowest BCUT2D eigenvalue weighted by molar-refractivity contribution is -0.130. The van der Waals surface area contributed by atoms with E-state index in [9.17, 15) is 4.79 Å². The van der Waals surface area contributed by atoms with Gasteiger partial charge in [0.1, 0.15) is 0 Å². The van der Waals surface area contributed by atoms with Gasteiger partial charge in [0.2, 0.25) is 5.91 Å². The molecule has 1 amide bonds. The summed E-state index contributed by atoms with van der Waals surface area (Å²) >= 11 is 0. The van der Waals surface area contributed by atoms with Crippen molar-refractivity contribution < 1.29 is 4.79 Å². The van der Waals surface area contributed by atoms with E-state index in [1.54, 1.807) is 0 Å². The zero-order valence-electron chi connectivity index (χ0n) is 9.91. The SMILES string of the molecule is CCC(=O)N1CCCc2ccccc2CC1. The molecule has 1 heterocycles. The van der Waals surface area contributed by atoms with Crippen LogP contribution >= 0.6 is 0 Å². The van der Waals surface area contributed by atoms with Crippen LogP contribution in [0.15, 0.2) is 24.3 Å². The van der Waals surface area contributed by atoms with Crippen LogP contribution in [-0.4, -0.2) is 23.9 Å². The van der Waals surface area contributed by atoms with Gasteiger partial charge >= 0.3 is 0 Å². The Kier molecular flexibility index (Phi) is 3.60. The highest BCUT2D eigenvalue weighted by atomic mass is 16.2. The van der Waals surface area contributed by atoms with Gasteiger partial charge in [0, 0.05) is 19.5 Å². The molecule has 0 spiro atoms. The molecule has 1 aromatic rings. The number of benzene rings is 1. The molecule has 2 rings (SSSR count). The summed E-state index contributed by atoms with van der Waals surface area (Å²) in [6, 6.07) is 8.60. The van der Waals surface area contributed by atoms with Crippen LogP contribution < -0.4 is 0 Å². The second-order valence-electron chi connectivity index (χ2n) is 4.36. The Bertz CT molecular complexity index is 373. The number of rotatable bonds is 1. The molecule has 0 fully saturated rings. The highest BCUT2D eigenvalue weighted by Gasteiger charge is 2.14. The standard InChI is InChI=1S/C14H19NO/c1-2-14(16)15-10-5-8-12-6-3-4-7-13(12)9-11-15/h3-4,6-7H,2,5,8-11H2,1H3. The van der Waals surface area contributed by atoms with Gasteiger partial charge in [-0.2, -0.15) is 0 Å². The molecule has 0 unspecified atom stereocenters. The first-order chi connectivity index (χ1) is 7.81. The predicted molar refractivity (Wildman–Crippen MR) is 65.3 cm³/mol. The first kappa shape index (κ1) is 11.2. The van der Waals surface area contributed by atoms with Crippen molar-refractivity contribution in [3.05, 3.63) is 35.4 Å². The minimum atomic E-state index is 0.291. The smallest absolute Gasteiger partial charge is 0.222 e. The largest absolute Gasteiger partial charge is 0.342 e. The number of carbonyl (C=O) groups excluding carboxylic acids is 1. The van der Waals surface area contributed by atoms with E-state index in [4.69, 9.17) is 0 Å². The molecule has 1 aliphatic heterocycles. The zero-order valence-corrected chi connectivity index (χ0v) is 9.91. The van der Waals surface area contributed by atoms with Crippen LogP contribution in [0.2, 0.25) is 0 Å². The van der Waals surface area contributed by atoms with Crippen LogP contribution in [0.25, 0.3) is 0 Å². The van der Waals surface area contributed by atoms with Gasteiger partial charge in [-0.15, -0.1) is 0 Å². The zero-order chi connectivity index (χ0) is 11.4. The van der Waals surface area contributed by atoms with Gasteiger partial charge in [-0.1, -0.05) is 31.2 Å². The topological polar surface area (TPSA) is 20.3 Å². The summed E-state index contributed by atoms with van der Waals surface area (Å²) in [6.07, 6.45) is 3.82. The maximum Gasteiger partial charge on any atom is 0.222 e. The van der Waals surface area contributed by atoms with Gasteiger partial charge in [0.15, 0.2) is 0 Å². The lowest BCUT2D eigenvalue weighted by atomic mass is 9.98. The first-order valence-corrected chi connectivity index (χ1v) is 6.16. The van der Waals surface area contributed by atoms with E-state index in [1.165, 1.54) is 11.1 Å². The van der Waals surface area contributed by atoms with Gasteiger partial charge in [0.05, 0.1) is 0 Å². The molecule has 0 aliphatic carbocycles. The lowest BCUT2D eigenvalue weighted by Gasteiger charge is -2.25. The fourth-order valence-corrected chi connectivity index (χ4v) is 2.35. The normalized spacial score (nSPS) is 16.2. The average Bonchev–Trinajstić information content (AvgIpc) is 2.29. The molecule has 0 radical (unpaired) electrons. The second-order valence-corrected chi connectivity index (χ2v) is 4.36. The predicted octanol–water partition coefficient (Wildman–Crippen LogP) is 2.41. The quantitative estimate of drug-likeness (QED) is 0.707. The van der Waals surface area contributed by atoms with Crippen LogP contribution in [0.5, 0.6) is 0 Å². The summed E-state index contributed by atoms with van der Waals surface area (Å²) < 4.78 is 0. The van der Waals surface area contributed by atoms with E-state index < -0.39 is 0 Å². The molecule has 16 heavy (non-hydrogen) atoms. The van der Waals surface area contributed by atoms with Gasteiger partial charge in [-0.25, -0.2) is 0 Å². The van der Waals surface area contributed by atoms with Gasteiger partial charge < -0.3 is 4.90 Å². The number of amides is 1. The fourth-order valence-electron chi connectivity index (χ4n) is 2.35. The van der Waals surface area contributed by atoms with E-state index in [-0.39, 0.29) is 0 Å². The van der Waals surface area contributed by atoms with Crippen LogP contribution in [-0.2, 0) is 17.6 Å². The highest BCUT2D eigenvalue weighted by molar-refractivity contribution is 5.75. The molecule has 2 heteroatoms. The van der Waals surface area contributed by atoms with Crippen molar-refractivity contribution in [2.45, 2.75) is 32.6 Å². The third-order valence-electron chi connectivity index (χ3n) is 3.30. The summed E-state index contributed by atoms with van der Waals surface area (Å²) in [5, 5.41) is 0. The molecular weight excluding hydrogens is 198 g/mol. The Morgan fingerprint density at radius 3 is 2.56 bits per heavy atom. The molecule has 0 saturated carbocycles. The third kappa shape index (κ3) is 2.43. The van der Waals surface area contributed by atoms with E-state index in [0.717, 1.165) is 32.4 Å². The molecular formula is C14H19NO. The van der Waals surface area contributed by atoms with Crippen molar-refractivity contribution in [3.63, 3.8) is 0 Å². The van der Waals surface area contributed by atoms with Crippen molar-refractivity contribution in [1.29, 1.82) is 0 Å². The van der Waals surface area contributed by atoms with Crippen LogP contribution in [0.4, 0.5) is 0 Å². The second kappa shape index (κ2) is 5.15. The third-order valence-corrected chi connectivity index (χ3v) is 3.30. The molecule has 2 nitrogen and oxygen atoms in total. The summed E-state index contributed by atoms with van der Waals surface area (Å²) in [4.78, 5) is 13.7. The molecule has 0 aromatic heterocycles. The van der Waals surface area contributed by atoms with Crippen LogP contribution in [0.3, 0.4) is 0 Å². The Balaban J connectivity index is 2.10. The first-order valence-electron chi connectivity index (χ1n) is 6.16. The molecule has 0 bridgehead atoms. The molecule has 1 aliphatic rings. The Morgan fingerprint density at radius 2 is 1.88 bits per heavy atom. The Hall–Kier alpha value is -1.31. The number of fused-ring (bicyclic) bond motifs is 1. The van der Waals surface area contributed by atoms with Crippen molar-refractivity contribution in [2.75, 3.05) is 13.1 Å². The molecule has 0 saturated heterocycles. The van der Waals surface area contributed by atoms with Crippen molar-refractivity contribution >= 4 is 5.91 Å². The van der Waals surface area contributed by atoms with Gasteiger partial charge in [0.25, 0.3) is 0 Å². The molecule has 0 atom stereocenters. The monoisotopic (exact) mass is 217 g/mol. The molecule has 86 valence electrons. The summed E-state index contributed by atoms with van der Waals surface area (Å²) in [5.74, 6) is 0.291.